The molecule has 0 fully saturated rings. The molecule has 1 aromatic carbocycles. The molecule has 0 aliphatic rings. The Labute approximate surface area is 163 Å². The van der Waals surface area contributed by atoms with Gasteiger partial charge in [0.05, 0.1) is 18.1 Å². The molecule has 0 spiro atoms. The van der Waals surface area contributed by atoms with E-state index in [-0.39, 0.29) is 24.4 Å². The van der Waals surface area contributed by atoms with Crippen molar-refractivity contribution in [3.63, 3.8) is 0 Å². The highest BCUT2D eigenvalue weighted by atomic mass is 32.1. The molecule has 0 radical (unpaired) electrons. The highest BCUT2D eigenvalue weighted by Crippen LogP contribution is 2.22. The van der Waals surface area contributed by atoms with Crippen LogP contribution < -0.4 is 5.56 Å². The van der Waals surface area contributed by atoms with Gasteiger partial charge in [-0.05, 0) is 30.5 Å². The first-order valence-corrected chi connectivity index (χ1v) is 9.51. The molecule has 4 rings (SSSR count). The van der Waals surface area contributed by atoms with Gasteiger partial charge < -0.3 is 9.15 Å². The minimum absolute atomic E-state index is 0.0290. The number of ether oxygens (including phenoxy) is 1. The van der Waals surface area contributed by atoms with Gasteiger partial charge in [0.25, 0.3) is 11.4 Å². The number of thiophene rings is 1. The van der Waals surface area contributed by atoms with Gasteiger partial charge in [-0.25, -0.2) is 4.98 Å². The van der Waals surface area contributed by atoms with Crippen LogP contribution >= 0.6 is 11.3 Å². The first kappa shape index (κ1) is 18.1. The van der Waals surface area contributed by atoms with Crippen LogP contribution in [0, 0.1) is 0 Å². The van der Waals surface area contributed by atoms with Crippen molar-refractivity contribution >= 4 is 27.5 Å². The van der Waals surface area contributed by atoms with Gasteiger partial charge in [-0.2, -0.15) is 0 Å². The van der Waals surface area contributed by atoms with Gasteiger partial charge in [0.1, 0.15) is 4.83 Å². The molecule has 0 aliphatic carbocycles. The van der Waals surface area contributed by atoms with E-state index in [1.165, 1.54) is 22.2 Å². The predicted molar refractivity (Wildman–Crippen MR) is 103 cm³/mol. The maximum Gasteiger partial charge on any atom is 0.308 e. The number of carbonyl (C=O) groups is 1. The quantitative estimate of drug-likeness (QED) is 0.461. The SMILES string of the molecule is C[C@H](OC(=O)CCn1cnc2sccc2c1=O)c1nnc(-c2ccccc2)o1. The maximum atomic E-state index is 12.3. The van der Waals surface area contributed by atoms with Crippen LogP contribution in [0.2, 0.25) is 0 Å². The zero-order valence-corrected chi connectivity index (χ0v) is 15.8. The number of nitrogens with zero attached hydrogens (tertiary/aromatic N) is 4. The third-order valence-electron chi connectivity index (χ3n) is 4.12. The van der Waals surface area contributed by atoms with Crippen molar-refractivity contribution in [2.24, 2.45) is 0 Å². The topological polar surface area (TPSA) is 100 Å². The predicted octanol–water partition coefficient (Wildman–Crippen LogP) is 3.20. The number of carbonyl (C=O) groups excluding carboxylic acids is 1. The Balaban J connectivity index is 1.37. The first-order chi connectivity index (χ1) is 13.6. The first-order valence-electron chi connectivity index (χ1n) is 8.63. The monoisotopic (exact) mass is 396 g/mol. The van der Waals surface area contributed by atoms with Gasteiger partial charge in [0.15, 0.2) is 6.10 Å². The van der Waals surface area contributed by atoms with Crippen molar-refractivity contribution in [1.82, 2.24) is 19.7 Å². The summed E-state index contributed by atoms with van der Waals surface area (Å²) in [4.78, 5) is 29.4. The van der Waals surface area contributed by atoms with Crippen LogP contribution in [-0.2, 0) is 16.1 Å². The van der Waals surface area contributed by atoms with E-state index < -0.39 is 12.1 Å². The van der Waals surface area contributed by atoms with E-state index in [1.54, 1.807) is 13.0 Å². The van der Waals surface area contributed by atoms with Crippen LogP contribution in [0.5, 0.6) is 0 Å². The van der Waals surface area contributed by atoms with E-state index in [0.29, 0.717) is 16.1 Å². The fourth-order valence-corrected chi connectivity index (χ4v) is 3.39. The van der Waals surface area contributed by atoms with E-state index in [2.05, 4.69) is 15.2 Å². The number of fused-ring (bicyclic) bond motifs is 1. The summed E-state index contributed by atoms with van der Waals surface area (Å²) >= 11 is 1.40. The second kappa shape index (κ2) is 7.73. The van der Waals surface area contributed by atoms with E-state index in [1.807, 2.05) is 35.7 Å². The number of aromatic nitrogens is 4. The van der Waals surface area contributed by atoms with Gasteiger partial charge in [-0.15, -0.1) is 21.5 Å². The van der Waals surface area contributed by atoms with E-state index >= 15 is 0 Å². The summed E-state index contributed by atoms with van der Waals surface area (Å²) in [5.74, 6) is 0.107. The Kier molecular flexibility index (Phi) is 4.98. The molecule has 142 valence electrons. The lowest BCUT2D eigenvalue weighted by atomic mass is 10.2. The summed E-state index contributed by atoms with van der Waals surface area (Å²) in [5.41, 5.74) is 0.618. The van der Waals surface area contributed by atoms with Crippen molar-refractivity contribution < 1.29 is 13.9 Å². The lowest BCUT2D eigenvalue weighted by molar-refractivity contribution is -0.149. The van der Waals surface area contributed by atoms with Gasteiger partial charge in [-0.1, -0.05) is 18.2 Å². The smallest absolute Gasteiger partial charge is 0.308 e. The molecule has 3 heterocycles. The van der Waals surface area contributed by atoms with Crippen LogP contribution in [0.1, 0.15) is 25.3 Å². The summed E-state index contributed by atoms with van der Waals surface area (Å²) in [6.07, 6.45) is 0.787. The Morgan fingerprint density at radius 1 is 1.25 bits per heavy atom. The van der Waals surface area contributed by atoms with E-state index in [9.17, 15) is 9.59 Å². The molecule has 1 atom stereocenters. The van der Waals surface area contributed by atoms with Gasteiger partial charge in [-0.3, -0.25) is 14.2 Å². The Morgan fingerprint density at radius 2 is 2.07 bits per heavy atom. The lowest BCUT2D eigenvalue weighted by Gasteiger charge is -2.10. The lowest BCUT2D eigenvalue weighted by Crippen LogP contribution is -2.22. The summed E-state index contributed by atoms with van der Waals surface area (Å²) in [7, 11) is 0. The molecule has 0 bridgehead atoms. The highest BCUT2D eigenvalue weighted by molar-refractivity contribution is 7.16. The molecule has 0 saturated heterocycles. The van der Waals surface area contributed by atoms with Crippen molar-refractivity contribution in [2.75, 3.05) is 0 Å². The second-order valence-corrected chi connectivity index (χ2v) is 6.97. The van der Waals surface area contributed by atoms with E-state index in [4.69, 9.17) is 9.15 Å². The number of esters is 1. The fraction of sp³-hybridized carbons (Fsp3) is 0.211. The molecule has 0 unspecified atom stereocenters. The normalized spacial score (nSPS) is 12.2. The third-order valence-corrected chi connectivity index (χ3v) is 4.95. The number of hydrogen-bond donors (Lipinski definition) is 0. The van der Waals surface area contributed by atoms with Crippen LogP contribution in [0.15, 0.2) is 57.3 Å². The van der Waals surface area contributed by atoms with Gasteiger partial charge in [0, 0.05) is 12.1 Å². The Hall–Kier alpha value is -3.33. The molecular weight excluding hydrogens is 380 g/mol. The second-order valence-electron chi connectivity index (χ2n) is 6.08. The zero-order valence-electron chi connectivity index (χ0n) is 14.9. The van der Waals surface area contributed by atoms with E-state index in [0.717, 1.165) is 5.56 Å². The summed E-state index contributed by atoms with van der Waals surface area (Å²) in [6, 6.07) is 11.1. The number of aryl methyl sites for hydroxylation is 1. The number of hydrogen-bond acceptors (Lipinski definition) is 8. The largest absolute Gasteiger partial charge is 0.453 e. The zero-order chi connectivity index (χ0) is 19.5. The third kappa shape index (κ3) is 3.70. The Bertz CT molecular complexity index is 1170. The molecule has 8 nitrogen and oxygen atoms in total. The molecule has 0 amide bonds. The van der Waals surface area contributed by atoms with Crippen LogP contribution in [0.25, 0.3) is 21.7 Å². The molecule has 28 heavy (non-hydrogen) atoms. The molecule has 0 saturated carbocycles. The van der Waals surface area contributed by atoms with Crippen LogP contribution in [0.4, 0.5) is 0 Å². The minimum atomic E-state index is -0.688. The summed E-state index contributed by atoms with van der Waals surface area (Å²) < 4.78 is 12.3. The molecule has 9 heteroatoms. The minimum Gasteiger partial charge on any atom is -0.453 e. The molecule has 0 N–H and O–H groups in total. The maximum absolute atomic E-state index is 12.3. The average Bonchev–Trinajstić information content (AvgIpc) is 3.38. The average molecular weight is 396 g/mol. The number of rotatable bonds is 6. The molecule has 3 aromatic heterocycles. The fourth-order valence-electron chi connectivity index (χ4n) is 2.67. The summed E-state index contributed by atoms with van der Waals surface area (Å²) in [5, 5.41) is 10.3. The van der Waals surface area contributed by atoms with Gasteiger partial charge >= 0.3 is 5.97 Å². The van der Waals surface area contributed by atoms with Crippen molar-refractivity contribution in [3.05, 3.63) is 64.4 Å². The van der Waals surface area contributed by atoms with Crippen molar-refractivity contribution in [2.45, 2.75) is 26.0 Å². The standard InChI is InChI=1S/C19H16N4O4S/c1-12(16-21-22-17(27-16)13-5-3-2-4-6-13)26-15(24)7-9-23-11-20-18-14(19(23)25)8-10-28-18/h2-6,8,10-12H,7,9H2,1H3/t12-/m0/s1. The van der Waals surface area contributed by atoms with Gasteiger partial charge in [0.2, 0.25) is 5.89 Å². The number of benzene rings is 1. The molecule has 0 aliphatic heterocycles. The van der Waals surface area contributed by atoms with Crippen LogP contribution in [0.3, 0.4) is 0 Å². The highest BCUT2D eigenvalue weighted by Gasteiger charge is 2.19. The van der Waals surface area contributed by atoms with Crippen LogP contribution in [-0.4, -0.2) is 25.7 Å². The summed E-state index contributed by atoms with van der Waals surface area (Å²) in [6.45, 7) is 1.84. The molecular formula is C19H16N4O4S. The van der Waals surface area contributed by atoms with Crippen molar-refractivity contribution in [3.8, 4) is 11.5 Å². The molecule has 4 aromatic rings. The Morgan fingerprint density at radius 3 is 2.89 bits per heavy atom. The van der Waals surface area contributed by atoms with Crippen molar-refractivity contribution in [1.29, 1.82) is 0 Å².